The normalized spacial score (nSPS) is 10.9. The Morgan fingerprint density at radius 3 is 1.41 bits per heavy atom. The molecule has 0 heterocycles. The van der Waals surface area contributed by atoms with Crippen molar-refractivity contribution in [3.05, 3.63) is 0 Å². The fraction of sp³-hybridized carbons (Fsp3) is 1.00. The molecule has 7 N–H and O–H groups in total. The molecule has 0 aromatic carbocycles. The maximum atomic E-state index is 5.42. The zero-order valence-corrected chi connectivity index (χ0v) is 11.1. The molecule has 0 unspecified atom stereocenters. The molecule has 0 atom stereocenters. The minimum Gasteiger partial charge on any atom is -0.330 e. The third-order valence-corrected chi connectivity index (χ3v) is 2.54. The predicted octanol–water partition coefficient (Wildman–Crippen LogP) is -0.767. The summed E-state index contributed by atoms with van der Waals surface area (Å²) in [4.78, 5) is 0. The highest BCUT2D eigenvalue weighted by Crippen LogP contribution is 1.83. The summed E-state index contributed by atoms with van der Waals surface area (Å²) < 4.78 is 0. The van der Waals surface area contributed by atoms with Crippen LogP contribution in [0.25, 0.3) is 0 Å². The maximum absolute atomic E-state index is 5.42. The molecule has 17 heavy (non-hydrogen) atoms. The minimum atomic E-state index is 0.725. The van der Waals surface area contributed by atoms with E-state index in [1.807, 2.05) is 0 Å². The van der Waals surface area contributed by atoms with Crippen LogP contribution in [0, 0.1) is 0 Å². The van der Waals surface area contributed by atoms with Crippen molar-refractivity contribution in [2.45, 2.75) is 25.7 Å². The molecule has 104 valence electrons. The van der Waals surface area contributed by atoms with Gasteiger partial charge in [-0.1, -0.05) is 0 Å². The number of rotatable bonds is 14. The van der Waals surface area contributed by atoms with E-state index in [2.05, 4.69) is 16.0 Å². The molecule has 5 nitrogen and oxygen atoms in total. The van der Waals surface area contributed by atoms with Crippen LogP contribution in [0.4, 0.5) is 0 Å². The van der Waals surface area contributed by atoms with Gasteiger partial charge in [0.25, 0.3) is 0 Å². The topological polar surface area (TPSA) is 88.1 Å². The van der Waals surface area contributed by atoms with Crippen molar-refractivity contribution in [2.24, 2.45) is 11.5 Å². The van der Waals surface area contributed by atoms with Crippen molar-refractivity contribution in [3.8, 4) is 0 Å². The molecule has 0 aromatic heterocycles. The second kappa shape index (κ2) is 15.8. The van der Waals surface area contributed by atoms with Gasteiger partial charge in [-0.2, -0.15) is 0 Å². The molecular formula is C12H31N5. The van der Waals surface area contributed by atoms with Crippen molar-refractivity contribution in [2.75, 3.05) is 52.4 Å². The van der Waals surface area contributed by atoms with E-state index in [-0.39, 0.29) is 0 Å². The fourth-order valence-corrected chi connectivity index (χ4v) is 1.55. The lowest BCUT2D eigenvalue weighted by atomic mass is 10.3. The Morgan fingerprint density at radius 2 is 0.941 bits per heavy atom. The molecule has 0 amide bonds. The number of hydrogen-bond donors (Lipinski definition) is 5. The molecule has 0 aromatic rings. The van der Waals surface area contributed by atoms with Crippen LogP contribution >= 0.6 is 0 Å². The fourth-order valence-electron chi connectivity index (χ4n) is 1.55. The van der Waals surface area contributed by atoms with E-state index in [4.69, 9.17) is 11.5 Å². The van der Waals surface area contributed by atoms with E-state index >= 15 is 0 Å². The number of unbranched alkanes of at least 4 members (excludes halogenated alkanes) is 1. The average Bonchev–Trinajstić information content (AvgIpc) is 2.35. The minimum absolute atomic E-state index is 0.725. The molecule has 0 radical (unpaired) electrons. The highest BCUT2D eigenvalue weighted by Gasteiger charge is 1.90. The summed E-state index contributed by atoms with van der Waals surface area (Å²) >= 11 is 0. The average molecular weight is 245 g/mol. The van der Waals surface area contributed by atoms with Crippen LogP contribution in [-0.4, -0.2) is 52.4 Å². The van der Waals surface area contributed by atoms with Crippen LogP contribution in [0.1, 0.15) is 25.7 Å². The van der Waals surface area contributed by atoms with Crippen molar-refractivity contribution < 1.29 is 0 Å². The van der Waals surface area contributed by atoms with Gasteiger partial charge < -0.3 is 27.4 Å². The van der Waals surface area contributed by atoms with Crippen molar-refractivity contribution >= 4 is 0 Å². The maximum Gasteiger partial charge on any atom is 0.00745 e. The molecule has 0 bridgehead atoms. The first kappa shape index (κ1) is 16.8. The Morgan fingerprint density at radius 1 is 0.471 bits per heavy atom. The second-order valence-electron chi connectivity index (χ2n) is 4.24. The molecule has 0 aliphatic heterocycles. The summed E-state index contributed by atoms with van der Waals surface area (Å²) in [6, 6.07) is 0. The van der Waals surface area contributed by atoms with Gasteiger partial charge in [-0.15, -0.1) is 0 Å². The van der Waals surface area contributed by atoms with Crippen LogP contribution in [0.15, 0.2) is 0 Å². The van der Waals surface area contributed by atoms with Crippen LogP contribution in [0.5, 0.6) is 0 Å². The molecule has 0 saturated heterocycles. The van der Waals surface area contributed by atoms with Gasteiger partial charge in [-0.3, -0.25) is 0 Å². The molecule has 0 spiro atoms. The lowest BCUT2D eigenvalue weighted by molar-refractivity contribution is 0.558. The Bertz CT molecular complexity index is 118. The van der Waals surface area contributed by atoms with Gasteiger partial charge in [0, 0.05) is 13.1 Å². The molecule has 0 aliphatic rings. The molecule has 5 heteroatoms. The third kappa shape index (κ3) is 15.8. The predicted molar refractivity (Wildman–Crippen MR) is 75.2 cm³/mol. The first-order chi connectivity index (χ1) is 8.41. The first-order valence-electron chi connectivity index (χ1n) is 6.94. The highest BCUT2D eigenvalue weighted by molar-refractivity contribution is 4.54. The number of nitrogens with one attached hydrogen (secondary N) is 3. The van der Waals surface area contributed by atoms with E-state index in [1.54, 1.807) is 0 Å². The second-order valence-corrected chi connectivity index (χ2v) is 4.24. The summed E-state index contributed by atoms with van der Waals surface area (Å²) in [7, 11) is 0. The van der Waals surface area contributed by atoms with Gasteiger partial charge in [-0.25, -0.2) is 0 Å². The zero-order valence-electron chi connectivity index (χ0n) is 11.1. The van der Waals surface area contributed by atoms with E-state index < -0.39 is 0 Å². The molecule has 0 fully saturated rings. The van der Waals surface area contributed by atoms with E-state index in [9.17, 15) is 0 Å². The van der Waals surface area contributed by atoms with Gasteiger partial charge in [0.15, 0.2) is 0 Å². The lowest BCUT2D eigenvalue weighted by Crippen LogP contribution is -2.27. The van der Waals surface area contributed by atoms with E-state index in [1.165, 1.54) is 19.3 Å². The molecular weight excluding hydrogens is 214 g/mol. The van der Waals surface area contributed by atoms with Crippen molar-refractivity contribution in [3.63, 3.8) is 0 Å². The Balaban J connectivity index is 2.85. The van der Waals surface area contributed by atoms with Gasteiger partial charge in [-0.05, 0) is 65.0 Å². The summed E-state index contributed by atoms with van der Waals surface area (Å²) in [6.45, 7) is 7.90. The third-order valence-electron chi connectivity index (χ3n) is 2.54. The van der Waals surface area contributed by atoms with Gasteiger partial charge >= 0.3 is 0 Å². The summed E-state index contributed by atoms with van der Waals surface area (Å²) in [5.74, 6) is 0. The van der Waals surface area contributed by atoms with Crippen LogP contribution in [0.2, 0.25) is 0 Å². The smallest absolute Gasteiger partial charge is 0.00745 e. The van der Waals surface area contributed by atoms with Crippen LogP contribution in [-0.2, 0) is 0 Å². The lowest BCUT2D eigenvalue weighted by Gasteiger charge is -2.06. The molecule has 0 rings (SSSR count). The summed E-state index contributed by atoms with van der Waals surface area (Å²) in [6.07, 6.45) is 4.68. The van der Waals surface area contributed by atoms with E-state index in [0.717, 1.165) is 58.8 Å². The van der Waals surface area contributed by atoms with Crippen LogP contribution < -0.4 is 27.4 Å². The Kier molecular flexibility index (Phi) is 15.6. The van der Waals surface area contributed by atoms with Gasteiger partial charge in [0.05, 0.1) is 0 Å². The number of nitrogens with two attached hydrogens (primary N) is 2. The van der Waals surface area contributed by atoms with Gasteiger partial charge in [0.2, 0.25) is 0 Å². The molecule has 0 saturated carbocycles. The molecule has 0 aliphatic carbocycles. The SMILES string of the molecule is NCCCCNCCCNCCCNCCN. The number of hydrogen-bond acceptors (Lipinski definition) is 5. The summed E-state index contributed by atoms with van der Waals surface area (Å²) in [5.41, 5.74) is 10.8. The summed E-state index contributed by atoms with van der Waals surface area (Å²) in [5, 5.41) is 10.1. The first-order valence-corrected chi connectivity index (χ1v) is 6.94. The Labute approximate surface area is 106 Å². The quantitative estimate of drug-likeness (QED) is 0.260. The monoisotopic (exact) mass is 245 g/mol. The Hall–Kier alpha value is -0.200. The highest BCUT2D eigenvalue weighted by atomic mass is 14.9. The van der Waals surface area contributed by atoms with Crippen molar-refractivity contribution in [1.82, 2.24) is 16.0 Å². The van der Waals surface area contributed by atoms with Crippen LogP contribution in [0.3, 0.4) is 0 Å². The zero-order chi connectivity index (χ0) is 12.6. The van der Waals surface area contributed by atoms with E-state index in [0.29, 0.717) is 0 Å². The largest absolute Gasteiger partial charge is 0.330 e. The standard InChI is InChI=1S/C12H31N5/c13-5-1-2-7-15-8-3-9-16-10-4-11-17-12-6-14/h15-17H,1-14H2. The van der Waals surface area contributed by atoms with Gasteiger partial charge in [0.1, 0.15) is 0 Å². The van der Waals surface area contributed by atoms with Crippen molar-refractivity contribution in [1.29, 1.82) is 0 Å².